The zero-order valence-corrected chi connectivity index (χ0v) is 21.0. The van der Waals surface area contributed by atoms with Gasteiger partial charge in [0.15, 0.2) is 5.79 Å². The molecule has 1 N–H and O–H groups in total. The highest BCUT2D eigenvalue weighted by atomic mass is 35.5. The third-order valence-electron chi connectivity index (χ3n) is 8.69. The third kappa shape index (κ3) is 3.07. The number of halogens is 1. The fourth-order valence-electron chi connectivity index (χ4n) is 7.32. The first-order valence-electron chi connectivity index (χ1n) is 12.5. The van der Waals surface area contributed by atoms with Crippen molar-refractivity contribution in [3.05, 3.63) is 46.4 Å². The molecule has 5 atom stereocenters. The lowest BCUT2D eigenvalue weighted by molar-refractivity contribution is -0.165. The van der Waals surface area contributed by atoms with Crippen LogP contribution in [0.4, 0.5) is 5.82 Å². The first kappa shape index (κ1) is 21.8. The summed E-state index contributed by atoms with van der Waals surface area (Å²) in [6.45, 7) is 4.08. The molecule has 4 aliphatic carbocycles. The lowest BCUT2D eigenvalue weighted by Crippen LogP contribution is -2.58. The van der Waals surface area contributed by atoms with Crippen LogP contribution in [0.5, 0.6) is 0 Å². The topological polar surface area (TPSA) is 74.1 Å². The quantitative estimate of drug-likeness (QED) is 0.547. The number of anilines is 1. The second kappa shape index (κ2) is 7.28. The number of rotatable bonds is 5. The van der Waals surface area contributed by atoms with Crippen LogP contribution in [0.3, 0.4) is 0 Å². The Hall–Kier alpha value is -2.48. The molecule has 0 aromatic carbocycles. The van der Waals surface area contributed by atoms with Gasteiger partial charge in [-0.05, 0) is 75.3 Å². The Morgan fingerprint density at radius 2 is 2.11 bits per heavy atom. The van der Waals surface area contributed by atoms with E-state index in [1.165, 1.54) is 5.22 Å². The highest BCUT2D eigenvalue weighted by molar-refractivity contribution is 6.33. The van der Waals surface area contributed by atoms with Crippen LogP contribution in [0.1, 0.15) is 52.0 Å². The Kier molecular flexibility index (Phi) is 4.53. The molecule has 8 rings (SSSR count). The Labute approximate surface area is 209 Å². The summed E-state index contributed by atoms with van der Waals surface area (Å²) in [4.78, 5) is 13.5. The minimum atomic E-state index is -0.585. The molecule has 1 aliphatic heterocycles. The van der Waals surface area contributed by atoms with Crippen molar-refractivity contribution in [2.75, 3.05) is 12.4 Å². The zero-order chi connectivity index (χ0) is 24.0. The highest BCUT2D eigenvalue weighted by Crippen LogP contribution is 2.74. The van der Waals surface area contributed by atoms with E-state index < -0.39 is 5.79 Å². The van der Waals surface area contributed by atoms with Gasteiger partial charge in [-0.3, -0.25) is 0 Å². The summed E-state index contributed by atoms with van der Waals surface area (Å²) >= 11 is 6.36. The lowest BCUT2D eigenvalue weighted by atomic mass is 9.61. The van der Waals surface area contributed by atoms with Crippen LogP contribution in [-0.2, 0) is 9.47 Å². The van der Waals surface area contributed by atoms with E-state index in [1.807, 2.05) is 33.0 Å². The van der Waals surface area contributed by atoms with Gasteiger partial charge in [0, 0.05) is 18.7 Å². The maximum atomic E-state index is 6.68. The first-order valence-corrected chi connectivity index (χ1v) is 12.9. The van der Waals surface area contributed by atoms with Gasteiger partial charge in [0.2, 0.25) is 0 Å². The standard InChI is InChI=1S/C27H30ClN5O2/c1-25(2)34-24-26(10-8-16-4-5-17-6-7-21(29-3)32-19(17)12-16)13-20(27(24,14-26)35-25)33-11-9-18-22(28)30-15-31-23(18)33/h5-7,9,11-12,15-16,20,24H,4,8,10,13-14H2,1-3H3,(H,29,32)/t16?,20-,24-,26+,27-/m1/s1. The summed E-state index contributed by atoms with van der Waals surface area (Å²) in [5, 5.41) is 6.86. The predicted octanol–water partition coefficient (Wildman–Crippen LogP) is 3.81. The summed E-state index contributed by atoms with van der Waals surface area (Å²) in [5.74, 6) is 0.814. The lowest BCUT2D eigenvalue weighted by Gasteiger charge is -2.50. The fraction of sp³-hybridized carbons (Fsp3) is 0.519. The molecule has 0 radical (unpaired) electrons. The molecule has 3 aromatic heterocycles. The van der Waals surface area contributed by atoms with Gasteiger partial charge in [0.05, 0.1) is 22.9 Å². The van der Waals surface area contributed by atoms with Crippen molar-refractivity contribution in [1.29, 1.82) is 0 Å². The van der Waals surface area contributed by atoms with Crippen molar-refractivity contribution in [1.82, 2.24) is 19.5 Å². The van der Waals surface area contributed by atoms with E-state index in [1.54, 1.807) is 6.33 Å². The van der Waals surface area contributed by atoms with Crippen LogP contribution < -0.4 is 15.9 Å². The first-order chi connectivity index (χ1) is 16.8. The molecular formula is C27H30ClN5O2. The molecule has 5 aliphatic rings. The van der Waals surface area contributed by atoms with E-state index >= 15 is 0 Å². The van der Waals surface area contributed by atoms with Gasteiger partial charge in [0.1, 0.15) is 28.5 Å². The smallest absolute Gasteiger partial charge is 0.164 e. The maximum absolute atomic E-state index is 6.68. The summed E-state index contributed by atoms with van der Waals surface area (Å²) in [6.07, 6.45) is 13.8. The van der Waals surface area contributed by atoms with Crippen molar-refractivity contribution < 1.29 is 9.47 Å². The molecule has 4 fully saturated rings. The molecule has 35 heavy (non-hydrogen) atoms. The second-order valence-corrected chi connectivity index (χ2v) is 11.5. The van der Waals surface area contributed by atoms with E-state index in [9.17, 15) is 0 Å². The molecule has 3 aromatic rings. The molecule has 8 heteroatoms. The van der Waals surface area contributed by atoms with E-state index in [-0.39, 0.29) is 23.2 Å². The van der Waals surface area contributed by atoms with Crippen LogP contribution in [0.25, 0.3) is 23.2 Å². The van der Waals surface area contributed by atoms with Crippen LogP contribution in [0, 0.1) is 11.3 Å². The van der Waals surface area contributed by atoms with Crippen molar-refractivity contribution in [2.45, 2.75) is 69.5 Å². The van der Waals surface area contributed by atoms with Gasteiger partial charge in [-0.2, -0.15) is 0 Å². The Bertz CT molecular complexity index is 1470. The average Bonchev–Trinajstić information content (AvgIpc) is 3.53. The second-order valence-electron chi connectivity index (χ2n) is 11.2. The number of fused-ring (bicyclic) bond motifs is 3. The maximum Gasteiger partial charge on any atom is 0.164 e. The summed E-state index contributed by atoms with van der Waals surface area (Å²) < 4.78 is 15.5. The number of hydrogen-bond donors (Lipinski definition) is 1. The average molecular weight is 492 g/mol. The van der Waals surface area contributed by atoms with Gasteiger partial charge < -0.3 is 19.4 Å². The van der Waals surface area contributed by atoms with Gasteiger partial charge in [-0.25, -0.2) is 15.0 Å². The largest absolute Gasteiger partial charge is 0.373 e. The van der Waals surface area contributed by atoms with Crippen LogP contribution in [-0.4, -0.2) is 44.1 Å². The number of ether oxygens (including phenoxy) is 2. The number of pyridine rings is 1. The molecule has 1 saturated heterocycles. The van der Waals surface area contributed by atoms with E-state index in [4.69, 9.17) is 26.1 Å². The van der Waals surface area contributed by atoms with Crippen molar-refractivity contribution in [2.24, 2.45) is 11.3 Å². The third-order valence-corrected chi connectivity index (χ3v) is 8.99. The van der Waals surface area contributed by atoms with E-state index in [2.05, 4.69) is 44.3 Å². The molecule has 1 unspecified atom stereocenters. The summed E-state index contributed by atoms with van der Waals surface area (Å²) in [6, 6.07) is 6.38. The number of hydrogen-bond acceptors (Lipinski definition) is 6. The van der Waals surface area contributed by atoms with Gasteiger partial charge in [0.25, 0.3) is 0 Å². The SMILES string of the molecule is CNc1ccc2c(n1)=CC(CC[C@]13C[C@@H](n4ccc5c(Cl)ncnc54)[C@@]4(C1)OC(C)(C)O[C@H]34)CC=2. The Morgan fingerprint density at radius 3 is 2.97 bits per heavy atom. The van der Waals surface area contributed by atoms with Crippen molar-refractivity contribution >= 4 is 40.6 Å². The monoisotopic (exact) mass is 491 g/mol. The van der Waals surface area contributed by atoms with Crippen LogP contribution >= 0.6 is 11.6 Å². The minimum absolute atomic E-state index is 0.0960. The Morgan fingerprint density at radius 1 is 1.23 bits per heavy atom. The van der Waals surface area contributed by atoms with Crippen molar-refractivity contribution in [3.8, 4) is 0 Å². The number of nitrogens with zero attached hydrogens (tertiary/aromatic N) is 4. The molecule has 182 valence electrons. The Balaban J connectivity index is 1.19. The minimum Gasteiger partial charge on any atom is -0.373 e. The molecule has 2 bridgehead atoms. The number of nitrogens with one attached hydrogen (secondary N) is 1. The van der Waals surface area contributed by atoms with E-state index in [0.29, 0.717) is 11.1 Å². The molecule has 7 nitrogen and oxygen atoms in total. The van der Waals surface area contributed by atoms with E-state index in [0.717, 1.165) is 54.3 Å². The zero-order valence-electron chi connectivity index (χ0n) is 20.3. The highest BCUT2D eigenvalue weighted by Gasteiger charge is 2.80. The molecule has 1 spiro atoms. The van der Waals surface area contributed by atoms with Gasteiger partial charge in [-0.1, -0.05) is 23.8 Å². The van der Waals surface area contributed by atoms with Gasteiger partial charge >= 0.3 is 0 Å². The van der Waals surface area contributed by atoms with Crippen LogP contribution in [0.15, 0.2) is 30.7 Å². The summed E-state index contributed by atoms with van der Waals surface area (Å²) in [5.41, 5.74) is 0.670. The molecule has 4 heterocycles. The number of aromatic nitrogens is 4. The predicted molar refractivity (Wildman–Crippen MR) is 135 cm³/mol. The van der Waals surface area contributed by atoms with Crippen LogP contribution in [0.2, 0.25) is 5.15 Å². The normalized spacial score (nSPS) is 34.0. The van der Waals surface area contributed by atoms with Gasteiger partial charge in [-0.15, -0.1) is 0 Å². The fourth-order valence-corrected chi connectivity index (χ4v) is 7.51. The molecule has 0 amide bonds. The summed E-state index contributed by atoms with van der Waals surface area (Å²) in [7, 11) is 1.91. The molecule has 3 saturated carbocycles. The molecular weight excluding hydrogens is 462 g/mol. The van der Waals surface area contributed by atoms with Crippen molar-refractivity contribution in [3.63, 3.8) is 0 Å².